The minimum absolute atomic E-state index is 0.191. The van der Waals surface area contributed by atoms with Crippen LogP contribution in [0, 0.1) is 5.41 Å². The third-order valence-electron chi connectivity index (χ3n) is 4.64. The highest BCUT2D eigenvalue weighted by Crippen LogP contribution is 2.48. The quantitative estimate of drug-likeness (QED) is 0.859. The van der Waals surface area contributed by atoms with E-state index in [1.807, 2.05) is 0 Å². The molecule has 1 atom stereocenters. The van der Waals surface area contributed by atoms with Gasteiger partial charge in [0.2, 0.25) is 0 Å². The molecule has 1 aliphatic carbocycles. The van der Waals surface area contributed by atoms with Crippen molar-refractivity contribution in [3.05, 3.63) is 28.2 Å². The van der Waals surface area contributed by atoms with Gasteiger partial charge in [-0.15, -0.1) is 0 Å². The zero-order valence-corrected chi connectivity index (χ0v) is 13.1. The number of carbonyl (C=O) groups excluding carboxylic acids is 1. The predicted molar refractivity (Wildman–Crippen MR) is 84.1 cm³/mol. The van der Waals surface area contributed by atoms with Gasteiger partial charge in [-0.2, -0.15) is 0 Å². The number of amides is 2. The second kappa shape index (κ2) is 6.03. The first kappa shape index (κ1) is 14.9. The highest BCUT2D eigenvalue weighted by molar-refractivity contribution is 6.42. The van der Waals surface area contributed by atoms with Gasteiger partial charge in [-0.1, -0.05) is 23.2 Å². The molecule has 1 spiro atoms. The third kappa shape index (κ3) is 3.12. The minimum Gasteiger partial charge on any atom is -0.381 e. The molecule has 21 heavy (non-hydrogen) atoms. The number of ether oxygens (including phenoxy) is 1. The van der Waals surface area contributed by atoms with Gasteiger partial charge in [0.15, 0.2) is 0 Å². The molecule has 114 valence electrons. The molecule has 2 fully saturated rings. The SMILES string of the molecule is O=C(Nc1ccc(Cl)c(Cl)c1)NC1CCC12CCOCC2. The summed E-state index contributed by atoms with van der Waals surface area (Å²) in [5.41, 5.74) is 0.884. The number of carbonyl (C=O) groups is 1. The van der Waals surface area contributed by atoms with E-state index in [2.05, 4.69) is 10.6 Å². The number of urea groups is 1. The average Bonchev–Trinajstić information content (AvgIpc) is 2.48. The van der Waals surface area contributed by atoms with E-state index in [0.717, 1.165) is 32.5 Å². The zero-order valence-electron chi connectivity index (χ0n) is 11.6. The van der Waals surface area contributed by atoms with Crippen LogP contribution in [0.1, 0.15) is 25.7 Å². The Bertz CT molecular complexity index is 544. The molecular weight excluding hydrogens is 311 g/mol. The Morgan fingerprint density at radius 1 is 1.19 bits per heavy atom. The molecule has 1 aromatic rings. The van der Waals surface area contributed by atoms with Gasteiger partial charge in [-0.25, -0.2) is 4.79 Å². The molecule has 2 N–H and O–H groups in total. The summed E-state index contributed by atoms with van der Waals surface area (Å²) in [5, 5.41) is 6.79. The first-order valence-electron chi connectivity index (χ1n) is 7.19. The van der Waals surface area contributed by atoms with E-state index in [4.69, 9.17) is 27.9 Å². The standard InChI is InChI=1S/C15H18Cl2N2O2/c16-11-2-1-10(9-12(11)17)18-14(20)19-13-3-4-15(13)5-7-21-8-6-15/h1-2,9,13H,3-8H2,(H2,18,19,20). The zero-order chi connectivity index (χ0) is 14.9. The molecular formula is C15H18Cl2N2O2. The van der Waals surface area contributed by atoms with Crippen molar-refractivity contribution in [1.29, 1.82) is 0 Å². The van der Waals surface area contributed by atoms with E-state index in [9.17, 15) is 4.79 Å². The highest BCUT2D eigenvalue weighted by atomic mass is 35.5. The molecule has 0 radical (unpaired) electrons. The summed E-state index contributed by atoms with van der Waals surface area (Å²) in [6.07, 6.45) is 4.28. The lowest BCUT2D eigenvalue weighted by Gasteiger charge is -2.51. The van der Waals surface area contributed by atoms with Crippen LogP contribution in [0.2, 0.25) is 10.0 Å². The van der Waals surface area contributed by atoms with Crippen LogP contribution in [0.15, 0.2) is 18.2 Å². The summed E-state index contributed by atoms with van der Waals surface area (Å²) in [6.45, 7) is 1.60. The van der Waals surface area contributed by atoms with Crippen LogP contribution in [0.3, 0.4) is 0 Å². The maximum Gasteiger partial charge on any atom is 0.319 e. The lowest BCUT2D eigenvalue weighted by molar-refractivity contribution is -0.0507. The van der Waals surface area contributed by atoms with E-state index >= 15 is 0 Å². The molecule has 1 saturated heterocycles. The van der Waals surface area contributed by atoms with E-state index in [1.165, 1.54) is 6.42 Å². The summed E-state index contributed by atoms with van der Waals surface area (Å²) < 4.78 is 5.42. The molecule has 1 heterocycles. The monoisotopic (exact) mass is 328 g/mol. The molecule has 6 heteroatoms. The van der Waals surface area contributed by atoms with Gasteiger partial charge in [0.05, 0.1) is 10.0 Å². The normalized spacial score (nSPS) is 23.4. The van der Waals surface area contributed by atoms with Crippen molar-refractivity contribution in [2.45, 2.75) is 31.7 Å². The lowest BCUT2D eigenvalue weighted by atomic mass is 9.60. The number of rotatable bonds is 2. The van der Waals surface area contributed by atoms with Crippen molar-refractivity contribution in [1.82, 2.24) is 5.32 Å². The summed E-state index contributed by atoms with van der Waals surface area (Å²) in [5.74, 6) is 0. The smallest absolute Gasteiger partial charge is 0.319 e. The molecule has 1 aromatic carbocycles. The topological polar surface area (TPSA) is 50.4 Å². The minimum atomic E-state index is -0.191. The van der Waals surface area contributed by atoms with Gasteiger partial charge < -0.3 is 15.4 Å². The van der Waals surface area contributed by atoms with Crippen LogP contribution in [-0.2, 0) is 4.74 Å². The van der Waals surface area contributed by atoms with Crippen LogP contribution in [0.25, 0.3) is 0 Å². The summed E-state index contributed by atoms with van der Waals surface area (Å²) in [7, 11) is 0. The number of hydrogen-bond donors (Lipinski definition) is 2. The van der Waals surface area contributed by atoms with E-state index < -0.39 is 0 Å². The number of halogens is 2. The molecule has 1 unspecified atom stereocenters. The van der Waals surface area contributed by atoms with Crippen molar-refractivity contribution >= 4 is 34.9 Å². The molecule has 1 saturated carbocycles. The predicted octanol–water partition coefficient (Wildman–Crippen LogP) is 4.07. The fourth-order valence-electron chi connectivity index (χ4n) is 3.20. The summed E-state index contributed by atoms with van der Waals surface area (Å²) in [4.78, 5) is 12.1. The first-order valence-corrected chi connectivity index (χ1v) is 7.95. The van der Waals surface area contributed by atoms with Crippen molar-refractivity contribution < 1.29 is 9.53 Å². The van der Waals surface area contributed by atoms with Gasteiger partial charge in [-0.05, 0) is 49.3 Å². The number of nitrogens with one attached hydrogen (secondary N) is 2. The second-order valence-electron chi connectivity index (χ2n) is 5.79. The lowest BCUT2D eigenvalue weighted by Crippen LogP contribution is -2.57. The highest BCUT2D eigenvalue weighted by Gasteiger charge is 2.47. The Morgan fingerprint density at radius 3 is 2.57 bits per heavy atom. The molecule has 2 amide bonds. The second-order valence-corrected chi connectivity index (χ2v) is 6.61. The van der Waals surface area contributed by atoms with Gasteiger partial charge in [0.25, 0.3) is 0 Å². The first-order chi connectivity index (χ1) is 10.1. The van der Waals surface area contributed by atoms with Gasteiger partial charge in [-0.3, -0.25) is 0 Å². The third-order valence-corrected chi connectivity index (χ3v) is 5.38. The van der Waals surface area contributed by atoms with Crippen LogP contribution in [0.4, 0.5) is 10.5 Å². The van der Waals surface area contributed by atoms with Crippen molar-refractivity contribution in [3.8, 4) is 0 Å². The molecule has 2 aliphatic rings. The Kier molecular flexibility index (Phi) is 4.29. The van der Waals surface area contributed by atoms with Crippen molar-refractivity contribution in [3.63, 3.8) is 0 Å². The Morgan fingerprint density at radius 2 is 1.95 bits per heavy atom. The summed E-state index contributed by atoms with van der Waals surface area (Å²) in [6, 6.07) is 5.10. The fraction of sp³-hybridized carbons (Fsp3) is 0.533. The van der Waals surface area contributed by atoms with Gasteiger partial charge in [0, 0.05) is 24.9 Å². The average molecular weight is 329 g/mol. The number of hydrogen-bond acceptors (Lipinski definition) is 2. The van der Waals surface area contributed by atoms with Crippen molar-refractivity contribution in [2.24, 2.45) is 5.41 Å². The summed E-state index contributed by atoms with van der Waals surface area (Å²) >= 11 is 11.8. The van der Waals surface area contributed by atoms with E-state index in [1.54, 1.807) is 18.2 Å². The van der Waals surface area contributed by atoms with Gasteiger partial charge >= 0.3 is 6.03 Å². The van der Waals surface area contributed by atoms with Crippen LogP contribution in [-0.4, -0.2) is 25.3 Å². The maximum atomic E-state index is 12.1. The fourth-order valence-corrected chi connectivity index (χ4v) is 3.50. The van der Waals surface area contributed by atoms with Gasteiger partial charge in [0.1, 0.15) is 0 Å². The molecule has 3 rings (SSSR count). The maximum absolute atomic E-state index is 12.1. The molecule has 0 bridgehead atoms. The van der Waals surface area contributed by atoms with Crippen LogP contribution in [0.5, 0.6) is 0 Å². The van der Waals surface area contributed by atoms with Crippen molar-refractivity contribution in [2.75, 3.05) is 18.5 Å². The van der Waals surface area contributed by atoms with Crippen LogP contribution < -0.4 is 10.6 Å². The largest absolute Gasteiger partial charge is 0.381 e. The Balaban J connectivity index is 1.58. The number of benzene rings is 1. The van der Waals surface area contributed by atoms with Crippen LogP contribution >= 0.6 is 23.2 Å². The number of anilines is 1. The van der Waals surface area contributed by atoms with E-state index in [0.29, 0.717) is 15.7 Å². The molecule has 0 aromatic heterocycles. The van der Waals surface area contributed by atoms with E-state index in [-0.39, 0.29) is 17.5 Å². The Hall–Kier alpha value is -0.970. The Labute approximate surface area is 134 Å². The molecule has 1 aliphatic heterocycles. The molecule has 4 nitrogen and oxygen atoms in total.